The molecule has 1 aromatic carbocycles. The maximum absolute atomic E-state index is 13.7. The van der Waals surface area contributed by atoms with Crippen LogP contribution in [0.3, 0.4) is 0 Å². The Kier molecular flexibility index (Phi) is 6.39. The lowest BCUT2D eigenvalue weighted by Gasteiger charge is -2.38. The lowest BCUT2D eigenvalue weighted by Crippen LogP contribution is -2.50. The SMILES string of the molecule is O=C(CCC(F)(F)F)CN1C(=O)C2(CCN(C(=O)c3cnc4[nH]ncc4c3)CC2)c2c1ccc(Cl)c2Cl. The van der Waals surface area contributed by atoms with Gasteiger partial charge in [-0.05, 0) is 31.0 Å². The quantitative estimate of drug-likeness (QED) is 0.493. The first-order valence-electron chi connectivity index (χ1n) is 11.5. The third kappa shape index (κ3) is 4.54. The molecule has 2 aromatic heterocycles. The van der Waals surface area contributed by atoms with E-state index in [0.717, 1.165) is 0 Å². The van der Waals surface area contributed by atoms with Crippen molar-refractivity contribution in [3.63, 3.8) is 0 Å². The topological polar surface area (TPSA) is 99.3 Å². The average molecular weight is 554 g/mol. The summed E-state index contributed by atoms with van der Waals surface area (Å²) in [5, 5.41) is 7.69. The second-order valence-corrected chi connectivity index (χ2v) is 9.99. The summed E-state index contributed by atoms with van der Waals surface area (Å²) >= 11 is 12.8. The van der Waals surface area contributed by atoms with Gasteiger partial charge in [-0.25, -0.2) is 4.98 Å². The van der Waals surface area contributed by atoms with Crippen molar-refractivity contribution in [2.24, 2.45) is 0 Å². The molecule has 1 saturated heterocycles. The lowest BCUT2D eigenvalue weighted by atomic mass is 9.73. The van der Waals surface area contributed by atoms with E-state index in [2.05, 4.69) is 15.2 Å². The van der Waals surface area contributed by atoms with Crippen LogP contribution in [-0.4, -0.2) is 63.5 Å². The van der Waals surface area contributed by atoms with Crippen LogP contribution < -0.4 is 4.90 Å². The minimum Gasteiger partial charge on any atom is -0.339 e. The molecule has 1 spiro atoms. The number of aromatic amines is 1. The van der Waals surface area contributed by atoms with Crippen LogP contribution in [0.1, 0.15) is 41.6 Å². The molecule has 13 heteroatoms. The van der Waals surface area contributed by atoms with E-state index in [-0.39, 0.29) is 41.9 Å². The molecule has 0 saturated carbocycles. The van der Waals surface area contributed by atoms with E-state index in [1.165, 1.54) is 17.2 Å². The van der Waals surface area contributed by atoms with E-state index in [4.69, 9.17) is 23.2 Å². The summed E-state index contributed by atoms with van der Waals surface area (Å²) in [4.78, 5) is 46.3. The average Bonchev–Trinajstić information content (AvgIpc) is 3.42. The number of anilines is 1. The summed E-state index contributed by atoms with van der Waals surface area (Å²) in [6.45, 7) is -0.0705. The highest BCUT2D eigenvalue weighted by Crippen LogP contribution is 2.52. The van der Waals surface area contributed by atoms with Crippen LogP contribution in [0.2, 0.25) is 10.0 Å². The number of rotatable bonds is 5. The smallest absolute Gasteiger partial charge is 0.339 e. The number of pyridine rings is 1. The molecule has 1 fully saturated rings. The van der Waals surface area contributed by atoms with E-state index in [9.17, 15) is 27.6 Å². The molecule has 37 heavy (non-hydrogen) atoms. The van der Waals surface area contributed by atoms with Crippen LogP contribution in [0.25, 0.3) is 11.0 Å². The van der Waals surface area contributed by atoms with Crippen LogP contribution in [0, 0.1) is 0 Å². The van der Waals surface area contributed by atoms with Crippen molar-refractivity contribution in [1.82, 2.24) is 20.1 Å². The van der Waals surface area contributed by atoms with E-state index in [1.807, 2.05) is 0 Å². The highest BCUT2D eigenvalue weighted by molar-refractivity contribution is 6.43. The number of Topliss-reactive ketones (excluding diaryl/α,β-unsaturated/α-hetero) is 1. The normalized spacial score (nSPS) is 17.1. The van der Waals surface area contributed by atoms with Crippen molar-refractivity contribution in [1.29, 1.82) is 0 Å². The molecule has 0 atom stereocenters. The Balaban J connectivity index is 1.39. The Bertz CT molecular complexity index is 1420. The van der Waals surface area contributed by atoms with E-state index in [1.54, 1.807) is 23.2 Å². The summed E-state index contributed by atoms with van der Waals surface area (Å²) < 4.78 is 37.8. The number of hydrogen-bond donors (Lipinski definition) is 1. The summed E-state index contributed by atoms with van der Waals surface area (Å²) in [6, 6.07) is 4.72. The Morgan fingerprint density at radius 1 is 1.14 bits per heavy atom. The number of carbonyl (C=O) groups is 3. The predicted octanol–water partition coefficient (Wildman–Crippen LogP) is 4.70. The molecule has 3 aromatic rings. The van der Waals surface area contributed by atoms with Crippen molar-refractivity contribution in [2.45, 2.75) is 37.3 Å². The zero-order chi connectivity index (χ0) is 26.5. The van der Waals surface area contributed by atoms with Gasteiger partial charge in [-0.15, -0.1) is 0 Å². The Labute approximate surface area is 218 Å². The number of piperidine rings is 1. The molecule has 0 radical (unpaired) electrons. The molecular weight excluding hydrogens is 534 g/mol. The van der Waals surface area contributed by atoms with Gasteiger partial charge in [0.25, 0.3) is 5.91 Å². The summed E-state index contributed by atoms with van der Waals surface area (Å²) in [6.07, 6.45) is -3.03. The Morgan fingerprint density at radius 2 is 1.86 bits per heavy atom. The minimum absolute atomic E-state index is 0.159. The van der Waals surface area contributed by atoms with E-state index < -0.39 is 42.7 Å². The minimum atomic E-state index is -4.47. The van der Waals surface area contributed by atoms with Crippen molar-refractivity contribution >= 4 is 57.5 Å². The molecule has 0 bridgehead atoms. The van der Waals surface area contributed by atoms with Gasteiger partial charge in [0.2, 0.25) is 5.91 Å². The molecule has 8 nitrogen and oxygen atoms in total. The second-order valence-electron chi connectivity index (χ2n) is 9.21. The maximum Gasteiger partial charge on any atom is 0.389 e. The Hall–Kier alpha value is -3.18. The summed E-state index contributed by atoms with van der Waals surface area (Å²) in [5.41, 5.74) is 0.586. The molecule has 2 amide bonds. The van der Waals surface area contributed by atoms with Gasteiger partial charge in [0, 0.05) is 36.7 Å². The van der Waals surface area contributed by atoms with Crippen LogP contribution in [0.15, 0.2) is 30.6 Å². The van der Waals surface area contributed by atoms with Gasteiger partial charge >= 0.3 is 6.18 Å². The summed E-state index contributed by atoms with van der Waals surface area (Å²) in [7, 11) is 0. The first-order chi connectivity index (χ1) is 17.5. The third-order valence-electron chi connectivity index (χ3n) is 6.96. The number of amides is 2. The predicted molar refractivity (Wildman–Crippen MR) is 130 cm³/mol. The molecule has 1 N–H and O–H groups in total. The number of fused-ring (bicyclic) bond motifs is 3. The van der Waals surface area contributed by atoms with Gasteiger partial charge in [0.1, 0.15) is 0 Å². The first-order valence-corrected chi connectivity index (χ1v) is 12.2. The number of alkyl halides is 3. The van der Waals surface area contributed by atoms with Crippen LogP contribution in [0.5, 0.6) is 0 Å². The number of nitrogens with zero attached hydrogens (tertiary/aromatic N) is 4. The van der Waals surface area contributed by atoms with E-state index >= 15 is 0 Å². The number of halogens is 5. The monoisotopic (exact) mass is 553 g/mol. The molecule has 5 rings (SSSR count). The van der Waals surface area contributed by atoms with Crippen molar-refractivity contribution in [2.75, 3.05) is 24.5 Å². The number of aromatic nitrogens is 3. The van der Waals surface area contributed by atoms with Gasteiger partial charge in [0.05, 0.1) is 45.9 Å². The molecular formula is C24H20Cl2F3N5O3. The standard InChI is InChI=1S/C24H20Cl2F3N5O3/c25-16-1-2-17-18(19(16)26)23(22(37)34(17)12-15(35)3-4-24(27,28)29)5-7-33(8-6-23)21(36)14-9-13-11-31-32-20(13)30-10-14/h1-2,9-11H,3-8,12H2,(H,30,31,32). The van der Waals surface area contributed by atoms with Crippen LogP contribution in [-0.2, 0) is 15.0 Å². The zero-order valence-corrected chi connectivity index (χ0v) is 20.8. The molecule has 194 valence electrons. The molecule has 4 heterocycles. The number of H-pyrrole nitrogens is 1. The van der Waals surface area contributed by atoms with Crippen molar-refractivity contribution in [3.05, 3.63) is 51.8 Å². The van der Waals surface area contributed by atoms with Gasteiger partial charge < -0.3 is 9.80 Å². The van der Waals surface area contributed by atoms with E-state index in [0.29, 0.717) is 27.8 Å². The third-order valence-corrected chi connectivity index (χ3v) is 7.77. The molecule has 2 aliphatic rings. The molecule has 0 unspecified atom stereocenters. The maximum atomic E-state index is 13.7. The van der Waals surface area contributed by atoms with Crippen molar-refractivity contribution in [3.8, 4) is 0 Å². The number of nitrogens with one attached hydrogen (secondary N) is 1. The first kappa shape index (κ1) is 25.5. The highest BCUT2D eigenvalue weighted by Gasteiger charge is 2.54. The van der Waals surface area contributed by atoms with Crippen molar-refractivity contribution < 1.29 is 27.6 Å². The summed E-state index contributed by atoms with van der Waals surface area (Å²) in [5.74, 6) is -1.40. The number of likely N-dealkylation sites (tertiary alicyclic amines) is 1. The fourth-order valence-corrected chi connectivity index (χ4v) is 5.58. The zero-order valence-electron chi connectivity index (χ0n) is 19.2. The second kappa shape index (κ2) is 9.29. The molecule has 2 aliphatic heterocycles. The molecule has 0 aliphatic carbocycles. The number of benzene rings is 1. The Morgan fingerprint density at radius 3 is 2.57 bits per heavy atom. The fourth-order valence-electron chi connectivity index (χ4n) is 5.08. The number of carbonyl (C=O) groups excluding carboxylic acids is 3. The largest absolute Gasteiger partial charge is 0.389 e. The fraction of sp³-hybridized carbons (Fsp3) is 0.375. The van der Waals surface area contributed by atoms with Gasteiger partial charge in [-0.1, -0.05) is 23.2 Å². The lowest BCUT2D eigenvalue weighted by molar-refractivity contribution is -0.142. The van der Waals surface area contributed by atoms with Gasteiger partial charge in [-0.3, -0.25) is 19.5 Å². The van der Waals surface area contributed by atoms with Crippen LogP contribution >= 0.6 is 23.2 Å². The number of hydrogen-bond acceptors (Lipinski definition) is 5. The number of ketones is 1. The van der Waals surface area contributed by atoms with Gasteiger partial charge in [-0.2, -0.15) is 18.3 Å². The van der Waals surface area contributed by atoms with Gasteiger partial charge in [0.15, 0.2) is 11.4 Å². The highest BCUT2D eigenvalue weighted by atomic mass is 35.5. The van der Waals surface area contributed by atoms with Crippen LogP contribution in [0.4, 0.5) is 18.9 Å².